The van der Waals surface area contributed by atoms with Gasteiger partial charge in [-0.25, -0.2) is 12.7 Å². The Labute approximate surface area is 125 Å². The summed E-state index contributed by atoms with van der Waals surface area (Å²) in [6.45, 7) is 5.23. The molecule has 0 saturated carbocycles. The van der Waals surface area contributed by atoms with E-state index in [9.17, 15) is 18.5 Å². The fourth-order valence-electron chi connectivity index (χ4n) is 2.85. The lowest BCUT2D eigenvalue weighted by atomic mass is 9.94. The van der Waals surface area contributed by atoms with Gasteiger partial charge < -0.3 is 0 Å². The number of sulfonamides is 1. The van der Waals surface area contributed by atoms with Crippen LogP contribution in [0.15, 0.2) is 24.3 Å². The highest BCUT2D eigenvalue weighted by Gasteiger charge is 2.30. The first-order valence-electron chi connectivity index (χ1n) is 6.99. The van der Waals surface area contributed by atoms with Crippen molar-refractivity contribution in [2.24, 2.45) is 11.8 Å². The number of hydrogen-bond acceptors (Lipinski definition) is 4. The van der Waals surface area contributed by atoms with Crippen LogP contribution in [0, 0.1) is 22.0 Å². The maximum absolute atomic E-state index is 12.5. The molecule has 2 unspecified atom stereocenters. The highest BCUT2D eigenvalue weighted by atomic mass is 32.2. The van der Waals surface area contributed by atoms with Crippen LogP contribution in [0.2, 0.25) is 0 Å². The summed E-state index contributed by atoms with van der Waals surface area (Å²) in [6, 6.07) is 5.69. The Morgan fingerprint density at radius 1 is 1.19 bits per heavy atom. The lowest BCUT2D eigenvalue weighted by Crippen LogP contribution is -2.43. The predicted molar refractivity (Wildman–Crippen MR) is 80.2 cm³/mol. The van der Waals surface area contributed by atoms with Gasteiger partial charge in [0.15, 0.2) is 0 Å². The van der Waals surface area contributed by atoms with E-state index < -0.39 is 14.9 Å². The third-order valence-electron chi connectivity index (χ3n) is 3.72. The fourth-order valence-corrected chi connectivity index (χ4v) is 4.61. The molecule has 1 aromatic rings. The Balaban J connectivity index is 2.11. The van der Waals surface area contributed by atoms with Crippen molar-refractivity contribution < 1.29 is 13.3 Å². The minimum atomic E-state index is -3.37. The molecule has 0 amide bonds. The predicted octanol–water partition coefficient (Wildman–Crippen LogP) is 2.40. The molecule has 7 heteroatoms. The van der Waals surface area contributed by atoms with Crippen molar-refractivity contribution >= 4 is 15.7 Å². The molecule has 0 aliphatic carbocycles. The minimum Gasteiger partial charge on any atom is -0.258 e. The molecular formula is C14H20N2O4S. The third kappa shape index (κ3) is 4.01. The SMILES string of the molecule is CC1CC(C)CN(S(=O)(=O)Cc2ccc([N+](=O)[O-])cc2)C1. The highest BCUT2D eigenvalue weighted by Crippen LogP contribution is 2.25. The zero-order valence-corrected chi connectivity index (χ0v) is 13.0. The van der Waals surface area contributed by atoms with Gasteiger partial charge in [-0.15, -0.1) is 0 Å². The van der Waals surface area contributed by atoms with Crippen LogP contribution in [0.1, 0.15) is 25.8 Å². The molecule has 0 spiro atoms. The molecule has 1 aliphatic rings. The number of nitrogens with zero attached hydrogens (tertiary/aromatic N) is 2. The normalized spacial score (nSPS) is 23.9. The van der Waals surface area contributed by atoms with Crippen molar-refractivity contribution in [1.82, 2.24) is 4.31 Å². The van der Waals surface area contributed by atoms with Gasteiger partial charge in [0, 0.05) is 25.2 Å². The van der Waals surface area contributed by atoms with E-state index in [0.717, 1.165) is 6.42 Å². The lowest BCUT2D eigenvalue weighted by molar-refractivity contribution is -0.384. The summed E-state index contributed by atoms with van der Waals surface area (Å²) >= 11 is 0. The summed E-state index contributed by atoms with van der Waals surface area (Å²) < 4.78 is 26.5. The van der Waals surface area contributed by atoms with Crippen LogP contribution in [-0.4, -0.2) is 30.7 Å². The Kier molecular flexibility index (Phi) is 4.63. The van der Waals surface area contributed by atoms with Crippen LogP contribution >= 0.6 is 0 Å². The van der Waals surface area contributed by atoms with Crippen LogP contribution < -0.4 is 0 Å². The molecule has 1 fully saturated rings. The van der Waals surface area contributed by atoms with Crippen molar-refractivity contribution in [3.63, 3.8) is 0 Å². The van der Waals surface area contributed by atoms with E-state index in [1.165, 1.54) is 24.3 Å². The van der Waals surface area contributed by atoms with Crippen molar-refractivity contribution in [2.45, 2.75) is 26.0 Å². The summed E-state index contributed by atoms with van der Waals surface area (Å²) in [7, 11) is -3.37. The van der Waals surface area contributed by atoms with Gasteiger partial charge in [0.1, 0.15) is 0 Å². The van der Waals surface area contributed by atoms with E-state index in [1.807, 2.05) is 0 Å². The topological polar surface area (TPSA) is 80.5 Å². The van der Waals surface area contributed by atoms with Crippen molar-refractivity contribution in [1.29, 1.82) is 0 Å². The number of hydrogen-bond donors (Lipinski definition) is 0. The summed E-state index contributed by atoms with van der Waals surface area (Å²) in [4.78, 5) is 10.1. The number of nitro benzene ring substituents is 1. The highest BCUT2D eigenvalue weighted by molar-refractivity contribution is 7.88. The third-order valence-corrected chi connectivity index (χ3v) is 5.51. The minimum absolute atomic E-state index is 0.0311. The molecule has 116 valence electrons. The second-order valence-electron chi connectivity index (χ2n) is 5.94. The first kappa shape index (κ1) is 15.9. The zero-order valence-electron chi connectivity index (χ0n) is 12.2. The molecule has 6 nitrogen and oxygen atoms in total. The first-order valence-corrected chi connectivity index (χ1v) is 8.60. The molecule has 2 atom stereocenters. The number of piperidine rings is 1. The number of non-ortho nitro benzene ring substituents is 1. The lowest BCUT2D eigenvalue weighted by Gasteiger charge is -2.34. The van der Waals surface area contributed by atoms with Gasteiger partial charge in [-0.2, -0.15) is 0 Å². The summed E-state index contributed by atoms with van der Waals surface area (Å²) in [5, 5.41) is 10.6. The van der Waals surface area contributed by atoms with Gasteiger partial charge in [-0.05, 0) is 23.8 Å². The van der Waals surface area contributed by atoms with Gasteiger partial charge in [-0.3, -0.25) is 10.1 Å². The molecule has 1 aromatic carbocycles. The maximum atomic E-state index is 12.5. The molecule has 1 saturated heterocycles. The Hall–Kier alpha value is -1.47. The monoisotopic (exact) mass is 312 g/mol. The van der Waals surface area contributed by atoms with E-state index in [1.54, 1.807) is 4.31 Å². The molecule has 0 radical (unpaired) electrons. The molecular weight excluding hydrogens is 292 g/mol. The quantitative estimate of drug-likeness (QED) is 0.631. The Morgan fingerprint density at radius 3 is 2.19 bits per heavy atom. The number of nitro groups is 1. The zero-order chi connectivity index (χ0) is 15.6. The smallest absolute Gasteiger partial charge is 0.258 e. The molecule has 1 heterocycles. The Morgan fingerprint density at radius 2 is 1.71 bits per heavy atom. The van der Waals surface area contributed by atoms with Gasteiger partial charge in [0.2, 0.25) is 10.0 Å². The van der Waals surface area contributed by atoms with E-state index in [-0.39, 0.29) is 11.4 Å². The summed E-state index contributed by atoms with van der Waals surface area (Å²) in [5.74, 6) is 0.616. The standard InChI is InChI=1S/C14H20N2O4S/c1-11-7-12(2)9-15(8-11)21(19,20)10-13-3-5-14(6-4-13)16(17)18/h3-6,11-12H,7-10H2,1-2H3. The van der Waals surface area contributed by atoms with Crippen LogP contribution in [0.5, 0.6) is 0 Å². The molecule has 0 bridgehead atoms. The van der Waals surface area contributed by atoms with Crippen molar-refractivity contribution in [3.05, 3.63) is 39.9 Å². The van der Waals surface area contributed by atoms with Crippen molar-refractivity contribution in [3.8, 4) is 0 Å². The molecule has 21 heavy (non-hydrogen) atoms. The largest absolute Gasteiger partial charge is 0.269 e. The molecule has 2 rings (SSSR count). The van der Waals surface area contributed by atoms with E-state index >= 15 is 0 Å². The van der Waals surface area contributed by atoms with Crippen molar-refractivity contribution in [2.75, 3.05) is 13.1 Å². The maximum Gasteiger partial charge on any atom is 0.269 e. The average molecular weight is 312 g/mol. The molecule has 0 N–H and O–H groups in total. The average Bonchev–Trinajstić information content (AvgIpc) is 2.37. The molecule has 1 aliphatic heterocycles. The summed E-state index contributed by atoms with van der Waals surface area (Å²) in [5.41, 5.74) is 0.544. The van der Waals surface area contributed by atoms with Crippen LogP contribution in [0.25, 0.3) is 0 Å². The van der Waals surface area contributed by atoms with Crippen LogP contribution in [-0.2, 0) is 15.8 Å². The van der Waals surface area contributed by atoms with Crippen LogP contribution in [0.4, 0.5) is 5.69 Å². The summed E-state index contributed by atoms with van der Waals surface area (Å²) in [6.07, 6.45) is 1.05. The number of rotatable bonds is 4. The van der Waals surface area contributed by atoms with Gasteiger partial charge >= 0.3 is 0 Å². The van der Waals surface area contributed by atoms with E-state index in [0.29, 0.717) is 30.5 Å². The Bertz CT molecular complexity index is 602. The van der Waals surface area contributed by atoms with Crippen LogP contribution in [0.3, 0.4) is 0 Å². The first-order chi connectivity index (χ1) is 9.78. The second-order valence-corrected chi connectivity index (χ2v) is 7.91. The second kappa shape index (κ2) is 6.11. The van der Waals surface area contributed by atoms with Gasteiger partial charge in [-0.1, -0.05) is 26.0 Å². The molecule has 0 aromatic heterocycles. The van der Waals surface area contributed by atoms with Gasteiger partial charge in [0.05, 0.1) is 10.7 Å². The number of benzene rings is 1. The van der Waals surface area contributed by atoms with E-state index in [4.69, 9.17) is 0 Å². The van der Waals surface area contributed by atoms with Gasteiger partial charge in [0.25, 0.3) is 5.69 Å². The fraction of sp³-hybridized carbons (Fsp3) is 0.571. The van der Waals surface area contributed by atoms with E-state index in [2.05, 4.69) is 13.8 Å².